The molecule has 3 nitrogen and oxygen atoms in total. The molecule has 0 bridgehead atoms. The van der Waals surface area contributed by atoms with E-state index in [4.69, 9.17) is 4.42 Å². The Morgan fingerprint density at radius 1 is 1.33 bits per heavy atom. The molecule has 0 spiro atoms. The summed E-state index contributed by atoms with van der Waals surface area (Å²) in [5.74, 6) is 0.918. The zero-order valence-electron chi connectivity index (χ0n) is 12.6. The summed E-state index contributed by atoms with van der Waals surface area (Å²) in [6, 6.07) is 5.84. The standard InChI is InChI=1S/C17H21NO2S/c1-12(14-8-6-10-20-14)18(2)17(19)16-11-13-7-4-3-5-9-15(13)21-16/h6,8,10-12H,3-5,7,9H2,1-2H3. The van der Waals surface area contributed by atoms with E-state index >= 15 is 0 Å². The van der Waals surface area contributed by atoms with Crippen molar-refractivity contribution in [2.45, 2.75) is 45.1 Å². The van der Waals surface area contributed by atoms with Gasteiger partial charge in [-0.2, -0.15) is 0 Å². The van der Waals surface area contributed by atoms with Gasteiger partial charge in [-0.05, 0) is 56.4 Å². The largest absolute Gasteiger partial charge is 0.467 e. The normalized spacial score (nSPS) is 16.1. The van der Waals surface area contributed by atoms with Gasteiger partial charge in [-0.1, -0.05) is 6.42 Å². The fraction of sp³-hybridized carbons (Fsp3) is 0.471. The third kappa shape index (κ3) is 2.91. The summed E-state index contributed by atoms with van der Waals surface area (Å²) in [6.07, 6.45) is 7.70. The molecule has 112 valence electrons. The van der Waals surface area contributed by atoms with Crippen LogP contribution in [-0.2, 0) is 12.8 Å². The lowest BCUT2D eigenvalue weighted by atomic mass is 10.1. The lowest BCUT2D eigenvalue weighted by Crippen LogP contribution is -2.28. The topological polar surface area (TPSA) is 33.5 Å². The van der Waals surface area contributed by atoms with E-state index in [2.05, 4.69) is 6.07 Å². The van der Waals surface area contributed by atoms with Gasteiger partial charge in [0.2, 0.25) is 0 Å². The molecule has 1 amide bonds. The van der Waals surface area contributed by atoms with Gasteiger partial charge >= 0.3 is 0 Å². The van der Waals surface area contributed by atoms with Crippen molar-refractivity contribution in [1.82, 2.24) is 4.90 Å². The van der Waals surface area contributed by atoms with Gasteiger partial charge in [0.05, 0.1) is 17.2 Å². The number of hydrogen-bond acceptors (Lipinski definition) is 3. The monoisotopic (exact) mass is 303 g/mol. The Kier molecular flexibility index (Phi) is 4.15. The summed E-state index contributed by atoms with van der Waals surface area (Å²) >= 11 is 1.68. The molecule has 1 atom stereocenters. The number of furan rings is 1. The average Bonchev–Trinajstić information content (AvgIpc) is 3.11. The number of nitrogens with zero attached hydrogens (tertiary/aromatic N) is 1. The van der Waals surface area contributed by atoms with Crippen molar-refractivity contribution in [2.24, 2.45) is 0 Å². The summed E-state index contributed by atoms with van der Waals surface area (Å²) in [6.45, 7) is 2.00. The fourth-order valence-electron chi connectivity index (χ4n) is 2.84. The molecule has 2 aromatic heterocycles. The molecule has 0 radical (unpaired) electrons. The van der Waals surface area contributed by atoms with Gasteiger partial charge in [-0.3, -0.25) is 4.79 Å². The fourth-order valence-corrected chi connectivity index (χ4v) is 4.08. The quantitative estimate of drug-likeness (QED) is 0.785. The molecule has 0 saturated carbocycles. The van der Waals surface area contributed by atoms with Crippen LogP contribution in [0.25, 0.3) is 0 Å². The van der Waals surface area contributed by atoms with Gasteiger partial charge in [0.1, 0.15) is 5.76 Å². The number of thiophene rings is 1. The zero-order chi connectivity index (χ0) is 14.8. The Labute approximate surface area is 129 Å². The van der Waals surface area contributed by atoms with Crippen LogP contribution in [0.2, 0.25) is 0 Å². The molecule has 1 unspecified atom stereocenters. The molecule has 4 heteroatoms. The maximum Gasteiger partial charge on any atom is 0.264 e. The molecule has 2 heterocycles. The van der Waals surface area contributed by atoms with Crippen molar-refractivity contribution in [3.05, 3.63) is 45.5 Å². The van der Waals surface area contributed by atoms with Crippen LogP contribution in [-0.4, -0.2) is 17.9 Å². The van der Waals surface area contributed by atoms with Crippen molar-refractivity contribution in [3.8, 4) is 0 Å². The molecule has 3 rings (SSSR count). The van der Waals surface area contributed by atoms with E-state index in [-0.39, 0.29) is 11.9 Å². The summed E-state index contributed by atoms with van der Waals surface area (Å²) in [5.41, 5.74) is 1.39. The van der Waals surface area contributed by atoms with Gasteiger partial charge in [-0.15, -0.1) is 11.3 Å². The van der Waals surface area contributed by atoms with E-state index in [9.17, 15) is 4.79 Å². The molecule has 0 N–H and O–H groups in total. The van der Waals surface area contributed by atoms with Crippen LogP contribution < -0.4 is 0 Å². The van der Waals surface area contributed by atoms with Crippen LogP contribution >= 0.6 is 11.3 Å². The first-order valence-electron chi connectivity index (χ1n) is 7.59. The van der Waals surface area contributed by atoms with Crippen molar-refractivity contribution in [2.75, 3.05) is 7.05 Å². The number of aryl methyl sites for hydroxylation is 2. The second-order valence-electron chi connectivity index (χ2n) is 5.73. The SMILES string of the molecule is CC(c1ccco1)N(C)C(=O)c1cc2c(s1)CCCCC2. The Hall–Kier alpha value is -1.55. The van der Waals surface area contributed by atoms with Gasteiger partial charge in [0, 0.05) is 11.9 Å². The maximum absolute atomic E-state index is 12.7. The second-order valence-corrected chi connectivity index (χ2v) is 6.86. The molecule has 1 aliphatic rings. The number of fused-ring (bicyclic) bond motifs is 1. The lowest BCUT2D eigenvalue weighted by molar-refractivity contribution is 0.0731. The molecule has 0 fully saturated rings. The van der Waals surface area contributed by atoms with Crippen molar-refractivity contribution < 1.29 is 9.21 Å². The number of rotatable bonds is 3. The second kappa shape index (κ2) is 6.06. The minimum atomic E-state index is -0.0468. The third-order valence-electron chi connectivity index (χ3n) is 4.31. The lowest BCUT2D eigenvalue weighted by Gasteiger charge is -2.22. The summed E-state index contributed by atoms with van der Waals surface area (Å²) in [4.78, 5) is 16.7. The smallest absolute Gasteiger partial charge is 0.264 e. The van der Waals surface area contributed by atoms with E-state index in [0.29, 0.717) is 0 Å². The van der Waals surface area contributed by atoms with E-state index in [1.807, 2.05) is 26.1 Å². The van der Waals surface area contributed by atoms with Crippen LogP contribution in [0, 0.1) is 0 Å². The maximum atomic E-state index is 12.7. The van der Waals surface area contributed by atoms with Crippen LogP contribution in [0.5, 0.6) is 0 Å². The number of amides is 1. The molecular weight excluding hydrogens is 282 g/mol. The molecule has 0 saturated heterocycles. The first-order valence-corrected chi connectivity index (χ1v) is 8.40. The Morgan fingerprint density at radius 3 is 2.90 bits per heavy atom. The van der Waals surface area contributed by atoms with Gasteiger partial charge in [0.25, 0.3) is 5.91 Å². The van der Waals surface area contributed by atoms with Gasteiger partial charge in [-0.25, -0.2) is 0 Å². The van der Waals surface area contributed by atoms with Crippen LogP contribution in [0.3, 0.4) is 0 Å². The zero-order valence-corrected chi connectivity index (χ0v) is 13.4. The first-order chi connectivity index (χ1) is 10.2. The van der Waals surface area contributed by atoms with Crippen LogP contribution in [0.4, 0.5) is 0 Å². The van der Waals surface area contributed by atoms with Crippen LogP contribution in [0.1, 0.15) is 58.1 Å². The molecule has 2 aromatic rings. The van der Waals surface area contributed by atoms with E-state index in [1.54, 1.807) is 22.5 Å². The highest BCUT2D eigenvalue weighted by Crippen LogP contribution is 2.31. The molecule has 0 aliphatic heterocycles. The van der Waals surface area contributed by atoms with E-state index in [1.165, 1.54) is 29.7 Å². The molecule has 1 aliphatic carbocycles. The number of carbonyl (C=O) groups excluding carboxylic acids is 1. The predicted octanol–water partition coefficient (Wildman–Crippen LogP) is 4.44. The average molecular weight is 303 g/mol. The molecular formula is C17H21NO2S. The minimum absolute atomic E-state index is 0.0468. The highest BCUT2D eigenvalue weighted by atomic mass is 32.1. The molecule has 21 heavy (non-hydrogen) atoms. The summed E-state index contributed by atoms with van der Waals surface area (Å²) < 4.78 is 5.41. The summed E-state index contributed by atoms with van der Waals surface area (Å²) in [5, 5.41) is 0. The Morgan fingerprint density at radius 2 is 2.14 bits per heavy atom. The number of hydrogen-bond donors (Lipinski definition) is 0. The van der Waals surface area contributed by atoms with E-state index < -0.39 is 0 Å². The Balaban J connectivity index is 1.78. The highest BCUT2D eigenvalue weighted by Gasteiger charge is 2.23. The predicted molar refractivity (Wildman–Crippen MR) is 84.8 cm³/mol. The minimum Gasteiger partial charge on any atom is -0.467 e. The van der Waals surface area contributed by atoms with Crippen molar-refractivity contribution in [1.29, 1.82) is 0 Å². The highest BCUT2D eigenvalue weighted by molar-refractivity contribution is 7.14. The van der Waals surface area contributed by atoms with Crippen molar-refractivity contribution >= 4 is 17.2 Å². The Bertz CT molecular complexity index is 591. The van der Waals surface area contributed by atoms with Gasteiger partial charge in [0.15, 0.2) is 0 Å². The van der Waals surface area contributed by atoms with E-state index in [0.717, 1.165) is 23.5 Å². The third-order valence-corrected chi connectivity index (χ3v) is 5.54. The summed E-state index contributed by atoms with van der Waals surface area (Å²) in [7, 11) is 1.85. The first kappa shape index (κ1) is 14.4. The van der Waals surface area contributed by atoms with Crippen LogP contribution in [0.15, 0.2) is 28.9 Å². The number of carbonyl (C=O) groups is 1. The molecule has 0 aromatic carbocycles. The van der Waals surface area contributed by atoms with Crippen molar-refractivity contribution in [3.63, 3.8) is 0 Å². The van der Waals surface area contributed by atoms with Gasteiger partial charge < -0.3 is 9.32 Å².